The minimum atomic E-state index is -1.56. The molecule has 5 N–H and O–H groups in total. The van der Waals surface area contributed by atoms with Gasteiger partial charge in [-0.05, 0) is 35.9 Å². The smallest absolute Gasteiger partial charge is 0.195 e. The maximum absolute atomic E-state index is 12.0. The fraction of sp³-hybridized carbons (Fsp3) is 0.0714. The Morgan fingerprint density at radius 1 is 0.800 bits per heavy atom. The van der Waals surface area contributed by atoms with Crippen LogP contribution in [0.2, 0.25) is 0 Å². The first kappa shape index (κ1) is 13.7. The summed E-state index contributed by atoms with van der Waals surface area (Å²) in [6.07, 6.45) is -1.56. The molecule has 2 aromatic rings. The quantitative estimate of drug-likeness (QED) is 0.427. The zero-order valence-electron chi connectivity index (χ0n) is 10.2. The number of rotatable bonds is 3. The second-order valence-electron chi connectivity index (χ2n) is 4.22. The zero-order chi connectivity index (χ0) is 14.9. The summed E-state index contributed by atoms with van der Waals surface area (Å²) >= 11 is 0. The molecular formula is C14H12O6. The molecule has 0 saturated carbocycles. The zero-order valence-corrected chi connectivity index (χ0v) is 10.2. The largest absolute Gasteiger partial charge is 0.504 e. The average Bonchev–Trinajstić information content (AvgIpc) is 2.43. The van der Waals surface area contributed by atoms with Gasteiger partial charge in [-0.25, -0.2) is 0 Å². The lowest BCUT2D eigenvalue weighted by molar-refractivity contribution is 0.0746. The molecule has 0 radical (unpaired) electrons. The number of hydrogen-bond donors (Lipinski definition) is 5. The van der Waals surface area contributed by atoms with E-state index in [9.17, 15) is 25.2 Å². The molecule has 0 fully saturated rings. The van der Waals surface area contributed by atoms with Crippen LogP contribution in [0.5, 0.6) is 23.0 Å². The van der Waals surface area contributed by atoms with E-state index in [0.29, 0.717) is 0 Å². The van der Waals surface area contributed by atoms with Gasteiger partial charge in [0.2, 0.25) is 0 Å². The van der Waals surface area contributed by atoms with Crippen molar-refractivity contribution in [1.82, 2.24) is 0 Å². The molecule has 6 heteroatoms. The number of carbonyl (C=O) groups is 1. The highest BCUT2D eigenvalue weighted by atomic mass is 16.3. The van der Waals surface area contributed by atoms with Crippen LogP contribution in [0.4, 0.5) is 0 Å². The predicted molar refractivity (Wildman–Crippen MR) is 68.8 cm³/mol. The number of ketones is 1. The topological polar surface area (TPSA) is 118 Å². The number of phenols is 4. The summed E-state index contributed by atoms with van der Waals surface area (Å²) in [5.41, 5.74) is 0.0956. The Balaban J connectivity index is 2.32. The van der Waals surface area contributed by atoms with Crippen LogP contribution in [0.1, 0.15) is 22.0 Å². The van der Waals surface area contributed by atoms with Gasteiger partial charge in [-0.2, -0.15) is 0 Å². The van der Waals surface area contributed by atoms with Crippen molar-refractivity contribution in [1.29, 1.82) is 0 Å². The molecule has 1 unspecified atom stereocenters. The van der Waals surface area contributed by atoms with Gasteiger partial charge < -0.3 is 25.5 Å². The van der Waals surface area contributed by atoms with Crippen LogP contribution in [0.25, 0.3) is 0 Å². The van der Waals surface area contributed by atoms with Crippen molar-refractivity contribution in [3.05, 3.63) is 47.5 Å². The highest BCUT2D eigenvalue weighted by molar-refractivity contribution is 6.00. The summed E-state index contributed by atoms with van der Waals surface area (Å²) in [5.74, 6) is -2.39. The predicted octanol–water partition coefficient (Wildman–Crippen LogP) is 1.43. The monoisotopic (exact) mass is 276 g/mol. The third-order valence-electron chi connectivity index (χ3n) is 2.82. The van der Waals surface area contributed by atoms with Gasteiger partial charge >= 0.3 is 0 Å². The summed E-state index contributed by atoms with van der Waals surface area (Å²) in [6.45, 7) is 0. The fourth-order valence-electron chi connectivity index (χ4n) is 1.70. The molecule has 2 aromatic carbocycles. The third kappa shape index (κ3) is 2.50. The van der Waals surface area contributed by atoms with E-state index >= 15 is 0 Å². The molecule has 0 aliphatic carbocycles. The molecule has 0 saturated heterocycles. The number of aliphatic hydroxyl groups excluding tert-OH is 1. The van der Waals surface area contributed by atoms with Gasteiger partial charge in [-0.1, -0.05) is 6.07 Å². The summed E-state index contributed by atoms with van der Waals surface area (Å²) < 4.78 is 0. The fourth-order valence-corrected chi connectivity index (χ4v) is 1.70. The number of carbonyl (C=O) groups excluding carboxylic acids is 1. The molecule has 2 rings (SSSR count). The van der Waals surface area contributed by atoms with Gasteiger partial charge in [0.15, 0.2) is 28.8 Å². The molecule has 104 valence electrons. The molecule has 0 aliphatic heterocycles. The standard InChI is InChI=1S/C14H12O6/c15-9-3-1-7(5-11(9)17)13(19)14(20)8-2-4-10(16)12(18)6-8/h1-6,13,15-19H. The van der Waals surface area contributed by atoms with E-state index in [4.69, 9.17) is 5.11 Å². The van der Waals surface area contributed by atoms with Crippen molar-refractivity contribution in [3.8, 4) is 23.0 Å². The van der Waals surface area contributed by atoms with Gasteiger partial charge in [-0.15, -0.1) is 0 Å². The van der Waals surface area contributed by atoms with Crippen molar-refractivity contribution in [2.24, 2.45) is 0 Å². The Labute approximate surface area is 113 Å². The van der Waals surface area contributed by atoms with Gasteiger partial charge in [0.1, 0.15) is 6.10 Å². The van der Waals surface area contributed by atoms with E-state index in [1.165, 1.54) is 12.1 Å². The number of benzene rings is 2. The van der Waals surface area contributed by atoms with Gasteiger partial charge in [0.25, 0.3) is 0 Å². The van der Waals surface area contributed by atoms with Crippen molar-refractivity contribution in [3.63, 3.8) is 0 Å². The summed E-state index contributed by atoms with van der Waals surface area (Å²) in [5, 5.41) is 46.9. The van der Waals surface area contributed by atoms with Crippen LogP contribution in [0.3, 0.4) is 0 Å². The average molecular weight is 276 g/mol. The molecule has 0 amide bonds. The maximum atomic E-state index is 12.0. The Kier molecular flexibility index (Phi) is 3.49. The van der Waals surface area contributed by atoms with E-state index < -0.39 is 23.4 Å². The van der Waals surface area contributed by atoms with E-state index in [0.717, 1.165) is 24.3 Å². The highest BCUT2D eigenvalue weighted by Crippen LogP contribution is 2.31. The van der Waals surface area contributed by atoms with Gasteiger partial charge in [0.05, 0.1) is 0 Å². The van der Waals surface area contributed by atoms with E-state index in [1.807, 2.05) is 0 Å². The molecule has 0 bridgehead atoms. The number of hydrogen-bond acceptors (Lipinski definition) is 6. The number of aliphatic hydroxyl groups is 1. The van der Waals surface area contributed by atoms with Crippen molar-refractivity contribution >= 4 is 5.78 Å². The van der Waals surface area contributed by atoms with Gasteiger partial charge in [0, 0.05) is 5.56 Å². The molecule has 0 heterocycles. The highest BCUT2D eigenvalue weighted by Gasteiger charge is 2.21. The summed E-state index contributed by atoms with van der Waals surface area (Å²) in [6, 6.07) is 6.91. The molecule has 0 aliphatic rings. The van der Waals surface area contributed by atoms with Crippen molar-refractivity contribution in [2.75, 3.05) is 0 Å². The molecule has 20 heavy (non-hydrogen) atoms. The lowest BCUT2D eigenvalue weighted by Gasteiger charge is -2.11. The Morgan fingerprint density at radius 3 is 1.90 bits per heavy atom. The van der Waals surface area contributed by atoms with E-state index in [-0.39, 0.29) is 22.6 Å². The molecule has 0 spiro atoms. The first-order chi connectivity index (χ1) is 9.40. The first-order valence-electron chi connectivity index (χ1n) is 5.66. The Morgan fingerprint density at radius 2 is 1.35 bits per heavy atom. The lowest BCUT2D eigenvalue weighted by atomic mass is 9.99. The lowest BCUT2D eigenvalue weighted by Crippen LogP contribution is -2.12. The van der Waals surface area contributed by atoms with E-state index in [1.54, 1.807) is 0 Å². The second kappa shape index (κ2) is 5.10. The van der Waals surface area contributed by atoms with Crippen LogP contribution in [0.15, 0.2) is 36.4 Å². The Hall–Kier alpha value is -2.73. The van der Waals surface area contributed by atoms with Crippen LogP contribution in [0, 0.1) is 0 Å². The van der Waals surface area contributed by atoms with Crippen LogP contribution < -0.4 is 0 Å². The number of aromatic hydroxyl groups is 4. The maximum Gasteiger partial charge on any atom is 0.195 e. The van der Waals surface area contributed by atoms with Crippen LogP contribution >= 0.6 is 0 Å². The molecule has 6 nitrogen and oxygen atoms in total. The summed E-state index contributed by atoms with van der Waals surface area (Å²) in [4.78, 5) is 12.0. The molecular weight excluding hydrogens is 264 g/mol. The molecule has 1 atom stereocenters. The SMILES string of the molecule is O=C(c1ccc(O)c(O)c1)C(O)c1ccc(O)c(O)c1. The number of phenolic OH excluding ortho intramolecular Hbond substituents is 4. The minimum Gasteiger partial charge on any atom is -0.504 e. The van der Waals surface area contributed by atoms with Crippen LogP contribution in [-0.4, -0.2) is 31.3 Å². The third-order valence-corrected chi connectivity index (χ3v) is 2.82. The van der Waals surface area contributed by atoms with Crippen molar-refractivity contribution < 1.29 is 30.3 Å². The summed E-state index contributed by atoms with van der Waals surface area (Å²) in [7, 11) is 0. The van der Waals surface area contributed by atoms with Crippen LogP contribution in [-0.2, 0) is 0 Å². The first-order valence-corrected chi connectivity index (χ1v) is 5.66. The van der Waals surface area contributed by atoms with Gasteiger partial charge in [-0.3, -0.25) is 4.79 Å². The minimum absolute atomic E-state index is 0.000338. The second-order valence-corrected chi connectivity index (χ2v) is 4.22. The Bertz CT molecular complexity index is 665. The normalized spacial score (nSPS) is 12.1. The molecule has 0 aromatic heterocycles. The number of Topliss-reactive ketones (excluding diaryl/α,β-unsaturated/α-hetero) is 1. The van der Waals surface area contributed by atoms with E-state index in [2.05, 4.69) is 0 Å². The van der Waals surface area contributed by atoms with Crippen molar-refractivity contribution in [2.45, 2.75) is 6.10 Å².